The number of aromatic carboxylic acids is 1. The lowest BCUT2D eigenvalue weighted by Gasteiger charge is -2.38. The normalized spacial score (nSPS) is 15.8. The molecule has 30 heavy (non-hydrogen) atoms. The maximum atomic E-state index is 12.6. The van der Waals surface area contributed by atoms with E-state index in [-0.39, 0.29) is 17.0 Å². The number of aromatic nitrogens is 3. The Bertz CT molecular complexity index is 1180. The minimum absolute atomic E-state index is 0.0371. The Kier molecular flexibility index (Phi) is 5.02. The average Bonchev–Trinajstić information content (AvgIpc) is 3.06. The van der Waals surface area contributed by atoms with Gasteiger partial charge in [0.1, 0.15) is 5.56 Å². The highest BCUT2D eigenvalue weighted by atomic mass is 16.5. The predicted octanol–water partition coefficient (Wildman–Crippen LogP) is 3.74. The first-order chi connectivity index (χ1) is 14.2. The SMILES string of the molecule is COCCCc1cccc2c3n(nc12)CC(C(C)(C)C)n1cc(C(=O)O)c(=O)cc1-3. The van der Waals surface area contributed by atoms with Gasteiger partial charge >= 0.3 is 5.97 Å². The number of nitrogens with zero attached hydrogens (tertiary/aromatic N) is 3. The van der Waals surface area contributed by atoms with Gasteiger partial charge in [0.15, 0.2) is 5.43 Å². The molecule has 1 unspecified atom stereocenters. The molecule has 1 aliphatic rings. The third-order valence-electron chi connectivity index (χ3n) is 5.88. The number of carbonyl (C=O) groups is 1. The number of hydrogen-bond donors (Lipinski definition) is 1. The summed E-state index contributed by atoms with van der Waals surface area (Å²) in [4.78, 5) is 24.2. The molecule has 0 saturated heterocycles. The Labute approximate surface area is 174 Å². The summed E-state index contributed by atoms with van der Waals surface area (Å²) in [5.41, 5.74) is 2.82. The zero-order valence-corrected chi connectivity index (χ0v) is 17.8. The van der Waals surface area contributed by atoms with Crippen molar-refractivity contribution in [3.8, 4) is 11.4 Å². The van der Waals surface area contributed by atoms with Crippen molar-refractivity contribution in [2.45, 2.75) is 46.2 Å². The third kappa shape index (κ3) is 3.33. The van der Waals surface area contributed by atoms with Crippen molar-refractivity contribution in [2.75, 3.05) is 13.7 Å². The molecule has 0 bridgehead atoms. The second-order valence-electron chi connectivity index (χ2n) is 8.97. The minimum Gasteiger partial charge on any atom is -0.477 e. The number of rotatable bonds is 5. The largest absolute Gasteiger partial charge is 0.477 e. The fourth-order valence-corrected chi connectivity index (χ4v) is 4.32. The van der Waals surface area contributed by atoms with Gasteiger partial charge in [-0.1, -0.05) is 39.0 Å². The molecule has 1 atom stereocenters. The molecule has 3 aromatic rings. The van der Waals surface area contributed by atoms with Crippen LogP contribution in [0.2, 0.25) is 0 Å². The van der Waals surface area contributed by atoms with Crippen molar-refractivity contribution in [3.05, 3.63) is 51.8 Å². The molecule has 1 aromatic carbocycles. The van der Waals surface area contributed by atoms with Gasteiger partial charge in [-0.05, 0) is 23.8 Å². The van der Waals surface area contributed by atoms with Gasteiger partial charge in [0.25, 0.3) is 0 Å². The highest BCUT2D eigenvalue weighted by Gasteiger charge is 2.35. The first-order valence-corrected chi connectivity index (χ1v) is 10.2. The lowest BCUT2D eigenvalue weighted by molar-refractivity contribution is 0.0693. The van der Waals surface area contributed by atoms with Crippen LogP contribution in [0.25, 0.3) is 22.3 Å². The number of carboxylic acids is 1. The van der Waals surface area contributed by atoms with Crippen molar-refractivity contribution < 1.29 is 14.6 Å². The number of aryl methyl sites for hydroxylation is 1. The molecule has 1 N–H and O–H groups in total. The Hall–Kier alpha value is -2.93. The van der Waals surface area contributed by atoms with Crippen LogP contribution < -0.4 is 5.43 Å². The molecule has 3 heterocycles. The molecule has 0 fully saturated rings. The molecule has 7 heteroatoms. The van der Waals surface area contributed by atoms with Gasteiger partial charge in [-0.15, -0.1) is 0 Å². The molecule has 0 amide bonds. The number of carboxylic acid groups (broad SMARTS) is 1. The van der Waals surface area contributed by atoms with E-state index in [4.69, 9.17) is 9.84 Å². The van der Waals surface area contributed by atoms with Crippen LogP contribution in [-0.2, 0) is 17.7 Å². The molecular weight excluding hydrogens is 382 g/mol. The standard InChI is InChI=1S/C23H27N3O4/c1-23(2,3)19-13-26-21(17-11-18(27)16(22(28)29)12-25(17)19)15-9-5-7-14(20(15)24-26)8-6-10-30-4/h5,7,9,11-12,19H,6,8,10,13H2,1-4H3,(H,28,29). The van der Waals surface area contributed by atoms with Crippen LogP contribution in [-0.4, -0.2) is 39.1 Å². The highest BCUT2D eigenvalue weighted by Crippen LogP contribution is 2.42. The number of methoxy groups -OCH3 is 1. The summed E-state index contributed by atoms with van der Waals surface area (Å²) in [7, 11) is 1.70. The topological polar surface area (TPSA) is 86.3 Å². The summed E-state index contributed by atoms with van der Waals surface area (Å²) in [6, 6.07) is 7.53. The van der Waals surface area contributed by atoms with Crippen LogP contribution in [0.4, 0.5) is 0 Å². The summed E-state index contributed by atoms with van der Waals surface area (Å²) in [6.07, 6.45) is 3.26. The van der Waals surface area contributed by atoms with Crippen LogP contribution in [0.3, 0.4) is 0 Å². The Morgan fingerprint density at radius 1 is 1.33 bits per heavy atom. The molecule has 2 aromatic heterocycles. The summed E-state index contributed by atoms with van der Waals surface area (Å²) < 4.78 is 9.13. The van der Waals surface area contributed by atoms with Gasteiger partial charge in [0.05, 0.1) is 29.5 Å². The molecule has 1 aliphatic heterocycles. The monoisotopic (exact) mass is 409 g/mol. The molecule has 4 rings (SSSR count). The summed E-state index contributed by atoms with van der Waals surface area (Å²) in [6.45, 7) is 7.64. The molecule has 0 spiro atoms. The van der Waals surface area contributed by atoms with Crippen LogP contribution in [0, 0.1) is 5.41 Å². The van der Waals surface area contributed by atoms with Gasteiger partial charge in [-0.25, -0.2) is 4.79 Å². The molecule has 158 valence electrons. The molecular formula is C23H27N3O4. The van der Waals surface area contributed by atoms with E-state index in [9.17, 15) is 14.7 Å². The fourth-order valence-electron chi connectivity index (χ4n) is 4.32. The average molecular weight is 409 g/mol. The van der Waals surface area contributed by atoms with E-state index in [1.165, 1.54) is 12.3 Å². The maximum Gasteiger partial charge on any atom is 0.341 e. The van der Waals surface area contributed by atoms with Crippen molar-refractivity contribution >= 4 is 16.9 Å². The van der Waals surface area contributed by atoms with E-state index in [1.807, 2.05) is 21.4 Å². The molecule has 0 aliphatic carbocycles. The Morgan fingerprint density at radius 2 is 2.10 bits per heavy atom. The fraction of sp³-hybridized carbons (Fsp3) is 0.435. The van der Waals surface area contributed by atoms with Crippen LogP contribution in [0.5, 0.6) is 0 Å². The third-order valence-corrected chi connectivity index (χ3v) is 5.88. The summed E-state index contributed by atoms with van der Waals surface area (Å²) >= 11 is 0. The van der Waals surface area contributed by atoms with E-state index in [1.54, 1.807) is 7.11 Å². The van der Waals surface area contributed by atoms with Gasteiger partial charge in [0.2, 0.25) is 0 Å². The second kappa shape index (κ2) is 7.40. The lowest BCUT2D eigenvalue weighted by Crippen LogP contribution is -2.35. The first kappa shape index (κ1) is 20.3. The van der Waals surface area contributed by atoms with Crippen LogP contribution in [0.15, 0.2) is 35.3 Å². The summed E-state index contributed by atoms with van der Waals surface area (Å²) in [5.74, 6) is -1.20. The number of pyridine rings is 1. The van der Waals surface area contributed by atoms with Crippen molar-refractivity contribution in [1.82, 2.24) is 14.3 Å². The zero-order chi connectivity index (χ0) is 21.6. The highest BCUT2D eigenvalue weighted by molar-refractivity contribution is 5.95. The Morgan fingerprint density at radius 3 is 2.77 bits per heavy atom. The Balaban J connectivity index is 1.96. The minimum atomic E-state index is -1.20. The number of ether oxygens (including phenoxy) is 1. The number of hydrogen-bond acceptors (Lipinski definition) is 4. The number of benzene rings is 1. The first-order valence-electron chi connectivity index (χ1n) is 10.2. The number of fused-ring (bicyclic) bond motifs is 5. The maximum absolute atomic E-state index is 12.6. The quantitative estimate of drug-likeness (QED) is 0.649. The molecule has 0 radical (unpaired) electrons. The smallest absolute Gasteiger partial charge is 0.341 e. The van der Waals surface area contributed by atoms with E-state index < -0.39 is 11.4 Å². The van der Waals surface area contributed by atoms with Gasteiger partial charge in [0, 0.05) is 31.4 Å². The zero-order valence-electron chi connectivity index (χ0n) is 17.8. The van der Waals surface area contributed by atoms with E-state index in [0.717, 1.165) is 35.0 Å². The van der Waals surface area contributed by atoms with Crippen molar-refractivity contribution in [1.29, 1.82) is 0 Å². The van der Waals surface area contributed by atoms with Gasteiger partial charge in [-0.2, -0.15) is 5.10 Å². The van der Waals surface area contributed by atoms with E-state index in [2.05, 4.69) is 26.8 Å². The molecule has 0 saturated carbocycles. The predicted molar refractivity (Wildman–Crippen MR) is 115 cm³/mol. The van der Waals surface area contributed by atoms with Gasteiger partial charge < -0.3 is 14.4 Å². The second-order valence-corrected chi connectivity index (χ2v) is 8.97. The van der Waals surface area contributed by atoms with Crippen molar-refractivity contribution in [3.63, 3.8) is 0 Å². The van der Waals surface area contributed by atoms with E-state index >= 15 is 0 Å². The van der Waals surface area contributed by atoms with Crippen molar-refractivity contribution in [2.24, 2.45) is 5.41 Å². The van der Waals surface area contributed by atoms with Gasteiger partial charge in [-0.3, -0.25) is 9.48 Å². The lowest BCUT2D eigenvalue weighted by atomic mass is 9.85. The molecule has 7 nitrogen and oxygen atoms in total. The summed E-state index contributed by atoms with van der Waals surface area (Å²) in [5, 5.41) is 15.4. The van der Waals surface area contributed by atoms with Crippen LogP contribution in [0.1, 0.15) is 49.2 Å². The van der Waals surface area contributed by atoms with E-state index in [0.29, 0.717) is 18.8 Å². The van der Waals surface area contributed by atoms with Crippen LogP contribution >= 0.6 is 0 Å².